The first-order valence-electron chi connectivity index (χ1n) is 13.4. The molecule has 40 heavy (non-hydrogen) atoms. The van der Waals surface area contributed by atoms with Crippen LogP contribution in [0.2, 0.25) is 0 Å². The Balaban J connectivity index is 1.37. The van der Waals surface area contributed by atoms with Gasteiger partial charge in [-0.2, -0.15) is 0 Å². The van der Waals surface area contributed by atoms with E-state index in [4.69, 9.17) is 14.6 Å². The second-order valence-corrected chi connectivity index (χ2v) is 10.4. The molecule has 0 heterocycles. The van der Waals surface area contributed by atoms with Crippen LogP contribution in [0.25, 0.3) is 22.3 Å². The lowest BCUT2D eigenvalue weighted by molar-refractivity contribution is -0.305. The Morgan fingerprint density at radius 3 is 2.27 bits per heavy atom. The number of ether oxygens (including phenoxy) is 2. The second kappa shape index (κ2) is 11.5. The summed E-state index contributed by atoms with van der Waals surface area (Å²) in [5, 5.41) is 30.1. The third-order valence-electron chi connectivity index (χ3n) is 7.67. The van der Waals surface area contributed by atoms with E-state index in [0.29, 0.717) is 12.4 Å². The first kappa shape index (κ1) is 27.4. The normalized spacial score (nSPS) is 14.4. The van der Waals surface area contributed by atoms with Crippen LogP contribution >= 0.6 is 0 Å². The molecule has 5 rings (SSSR count). The van der Waals surface area contributed by atoms with Gasteiger partial charge in [-0.1, -0.05) is 48.5 Å². The van der Waals surface area contributed by atoms with Crippen molar-refractivity contribution in [2.24, 2.45) is 0 Å². The van der Waals surface area contributed by atoms with Gasteiger partial charge in [-0.05, 0) is 107 Å². The number of benzene rings is 4. The first-order valence-corrected chi connectivity index (χ1v) is 13.4. The van der Waals surface area contributed by atoms with E-state index >= 15 is 0 Å². The van der Waals surface area contributed by atoms with E-state index in [2.05, 4.69) is 19.1 Å². The topological polar surface area (TPSA) is 99.1 Å². The van der Waals surface area contributed by atoms with Crippen LogP contribution in [-0.4, -0.2) is 35.5 Å². The number of fused-ring (bicyclic) bond motifs is 3. The van der Waals surface area contributed by atoms with Gasteiger partial charge in [0.05, 0.1) is 6.61 Å². The largest absolute Gasteiger partial charge is 0.550 e. The molecule has 4 aromatic carbocycles. The van der Waals surface area contributed by atoms with Crippen molar-refractivity contribution in [3.8, 4) is 33.8 Å². The summed E-state index contributed by atoms with van der Waals surface area (Å²) in [6, 6.07) is 23.9. The Bertz CT molecular complexity index is 1530. The summed E-state index contributed by atoms with van der Waals surface area (Å²) in [5.74, 6) is 0.110. The van der Waals surface area contributed by atoms with Crippen LogP contribution in [0.15, 0.2) is 72.8 Å². The molecule has 0 fully saturated rings. The lowest BCUT2D eigenvalue weighted by Crippen LogP contribution is -2.24. The fourth-order valence-electron chi connectivity index (χ4n) is 5.71. The van der Waals surface area contributed by atoms with Crippen molar-refractivity contribution in [1.29, 1.82) is 0 Å². The van der Waals surface area contributed by atoms with Crippen LogP contribution < -0.4 is 14.6 Å². The minimum atomic E-state index is -1.06. The molecule has 6 nitrogen and oxygen atoms in total. The van der Waals surface area contributed by atoms with Gasteiger partial charge >= 0.3 is 0 Å². The number of aliphatic hydroxyl groups excluding tert-OH is 2. The molecule has 1 unspecified atom stereocenters. The maximum absolute atomic E-state index is 11.4. The highest BCUT2D eigenvalue weighted by atomic mass is 16.5. The highest BCUT2D eigenvalue weighted by Crippen LogP contribution is 2.47. The second-order valence-electron chi connectivity index (χ2n) is 10.4. The SMILES string of the molecule is Cc1cc(OC[C@@H](O)CO)cc(C)c1-c1cccc(COc2ccc3c(c2)-c2ccccc2C3CC(=O)[O-])c1C. The fourth-order valence-corrected chi connectivity index (χ4v) is 5.71. The Labute approximate surface area is 234 Å². The third-order valence-corrected chi connectivity index (χ3v) is 7.67. The molecule has 0 saturated heterocycles. The number of carbonyl (C=O) groups is 1. The van der Waals surface area contributed by atoms with Gasteiger partial charge in [-0.15, -0.1) is 0 Å². The van der Waals surface area contributed by atoms with Gasteiger partial charge in [0, 0.05) is 11.9 Å². The van der Waals surface area contributed by atoms with E-state index in [1.165, 1.54) is 0 Å². The summed E-state index contributed by atoms with van der Waals surface area (Å²) in [4.78, 5) is 11.4. The molecule has 0 spiro atoms. The molecule has 0 radical (unpaired) electrons. The summed E-state index contributed by atoms with van der Waals surface area (Å²) >= 11 is 0. The van der Waals surface area contributed by atoms with E-state index in [1.807, 2.05) is 74.5 Å². The number of rotatable bonds is 10. The predicted molar refractivity (Wildman–Crippen MR) is 152 cm³/mol. The Morgan fingerprint density at radius 1 is 0.850 bits per heavy atom. The minimum absolute atomic E-state index is 0.0340. The van der Waals surface area contributed by atoms with Crippen molar-refractivity contribution >= 4 is 5.97 Å². The minimum Gasteiger partial charge on any atom is -0.550 e. The summed E-state index contributed by atoms with van der Waals surface area (Å²) in [6.45, 7) is 6.25. The van der Waals surface area contributed by atoms with Crippen LogP contribution in [0.1, 0.15) is 45.7 Å². The highest BCUT2D eigenvalue weighted by Gasteiger charge is 2.28. The predicted octanol–water partition coefficient (Wildman–Crippen LogP) is 4.84. The van der Waals surface area contributed by atoms with Crippen molar-refractivity contribution in [2.75, 3.05) is 13.2 Å². The van der Waals surface area contributed by atoms with E-state index < -0.39 is 12.1 Å². The van der Waals surface area contributed by atoms with Crippen LogP contribution in [0, 0.1) is 20.8 Å². The molecule has 206 valence electrons. The average Bonchev–Trinajstić information content (AvgIpc) is 3.24. The lowest BCUT2D eigenvalue weighted by Gasteiger charge is -2.18. The van der Waals surface area contributed by atoms with Crippen LogP contribution in [0.5, 0.6) is 11.5 Å². The van der Waals surface area contributed by atoms with E-state index in [1.54, 1.807) is 0 Å². The van der Waals surface area contributed by atoms with Gasteiger partial charge in [-0.3, -0.25) is 0 Å². The number of hydrogen-bond acceptors (Lipinski definition) is 6. The van der Waals surface area contributed by atoms with Gasteiger partial charge < -0.3 is 29.6 Å². The van der Waals surface area contributed by atoms with E-state index in [-0.39, 0.29) is 25.6 Å². The fraction of sp³-hybridized carbons (Fsp3) is 0.265. The number of carboxylic acid groups (broad SMARTS) is 1. The zero-order valence-electron chi connectivity index (χ0n) is 22.9. The van der Waals surface area contributed by atoms with Crippen molar-refractivity contribution in [2.45, 2.75) is 45.8 Å². The average molecular weight is 538 g/mol. The molecule has 6 heteroatoms. The van der Waals surface area contributed by atoms with Crippen molar-refractivity contribution in [3.63, 3.8) is 0 Å². The molecule has 0 aliphatic heterocycles. The molecule has 0 aromatic heterocycles. The van der Waals surface area contributed by atoms with Crippen LogP contribution in [0.3, 0.4) is 0 Å². The number of carbonyl (C=O) groups excluding carboxylic acids is 1. The zero-order chi connectivity index (χ0) is 28.4. The number of carboxylic acids is 1. The molecule has 0 amide bonds. The van der Waals surface area contributed by atoms with Gasteiger partial charge in [0.25, 0.3) is 0 Å². The molecule has 0 saturated carbocycles. The molecule has 4 aromatic rings. The molecule has 1 aliphatic rings. The third kappa shape index (κ3) is 5.46. The molecule has 2 N–H and O–H groups in total. The van der Waals surface area contributed by atoms with E-state index in [9.17, 15) is 15.0 Å². The summed E-state index contributed by atoms with van der Waals surface area (Å²) in [7, 11) is 0. The first-order chi connectivity index (χ1) is 19.3. The number of aryl methyl sites for hydroxylation is 2. The maximum atomic E-state index is 11.4. The Kier molecular flexibility index (Phi) is 7.92. The standard InChI is InChI=1S/C34H34O6/c1-20-13-26(40-19-24(36)17-35)14-21(2)34(20)27-10-6-7-23(22(27)3)18-39-25-11-12-30-31(15-25)28-8-4-5-9-29(28)32(30)16-33(37)38/h4-15,24,32,35-36H,16-19H2,1-3H3,(H,37,38)/p-1/t24-,32?/m0/s1. The molecule has 1 aliphatic carbocycles. The van der Waals surface area contributed by atoms with Crippen LogP contribution in [0.4, 0.5) is 0 Å². The zero-order valence-corrected chi connectivity index (χ0v) is 22.9. The van der Waals surface area contributed by atoms with Gasteiger partial charge in [-0.25, -0.2) is 0 Å². The molecule has 0 bridgehead atoms. The smallest absolute Gasteiger partial charge is 0.120 e. The van der Waals surface area contributed by atoms with Crippen molar-refractivity contribution in [1.82, 2.24) is 0 Å². The molecule has 2 atom stereocenters. The quantitative estimate of drug-likeness (QED) is 0.300. The summed E-state index contributed by atoms with van der Waals surface area (Å²) in [5.41, 5.74) is 10.6. The van der Waals surface area contributed by atoms with Gasteiger partial charge in [0.15, 0.2) is 0 Å². The maximum Gasteiger partial charge on any atom is 0.120 e. The van der Waals surface area contributed by atoms with Crippen LogP contribution in [-0.2, 0) is 11.4 Å². The Morgan fingerprint density at radius 2 is 1.55 bits per heavy atom. The number of hydrogen-bond donors (Lipinski definition) is 2. The number of aliphatic hydroxyl groups is 2. The van der Waals surface area contributed by atoms with E-state index in [0.717, 1.165) is 61.4 Å². The number of aliphatic carboxylic acids is 1. The molecular formula is C34H33O6-. The molecular weight excluding hydrogens is 504 g/mol. The summed E-state index contributed by atoms with van der Waals surface area (Å²) in [6.07, 6.45) is -0.963. The van der Waals surface area contributed by atoms with Crippen molar-refractivity contribution < 1.29 is 29.6 Å². The van der Waals surface area contributed by atoms with Gasteiger partial charge in [0.1, 0.15) is 30.8 Å². The summed E-state index contributed by atoms with van der Waals surface area (Å²) < 4.78 is 11.9. The Hall–Kier alpha value is -4.13. The highest BCUT2D eigenvalue weighted by molar-refractivity contribution is 5.82. The van der Waals surface area contributed by atoms with Gasteiger partial charge in [0.2, 0.25) is 0 Å². The lowest BCUT2D eigenvalue weighted by atomic mass is 9.90. The monoisotopic (exact) mass is 537 g/mol. The van der Waals surface area contributed by atoms with Crippen molar-refractivity contribution in [3.05, 3.63) is 106 Å².